The number of hydrogen-bond donors (Lipinski definition) is 0. The molecule has 30 heavy (non-hydrogen) atoms. The number of benzene rings is 2. The molecule has 0 radical (unpaired) electrons. The Balaban J connectivity index is 2.01. The van der Waals surface area contributed by atoms with Gasteiger partial charge in [-0.2, -0.15) is 0 Å². The standard InChI is InChI=1S/C30H44/c1-9-10-11-12-13-14-19-30(8)26-20-22(28(2,3)4)15-17-24(26)25-18-16-23(21-27(25)30)29(5,6)7/h15-18,20-21H,9-14,19H2,1-8H3. The summed E-state index contributed by atoms with van der Waals surface area (Å²) in [5.74, 6) is 0. The molecule has 0 aliphatic heterocycles. The van der Waals surface area contributed by atoms with E-state index in [1.54, 1.807) is 11.1 Å². The highest BCUT2D eigenvalue weighted by molar-refractivity contribution is 5.81. The molecule has 0 N–H and O–H groups in total. The lowest BCUT2D eigenvalue weighted by Gasteiger charge is -2.30. The van der Waals surface area contributed by atoms with Crippen LogP contribution in [-0.4, -0.2) is 0 Å². The summed E-state index contributed by atoms with van der Waals surface area (Å²) in [6, 6.07) is 14.6. The predicted molar refractivity (Wildman–Crippen MR) is 134 cm³/mol. The van der Waals surface area contributed by atoms with Gasteiger partial charge in [0.15, 0.2) is 0 Å². The van der Waals surface area contributed by atoms with Crippen LogP contribution in [0.1, 0.15) is 123 Å². The van der Waals surface area contributed by atoms with E-state index in [4.69, 9.17) is 0 Å². The second-order valence-corrected chi connectivity index (χ2v) is 11.9. The third-order valence-electron chi connectivity index (χ3n) is 7.28. The zero-order valence-corrected chi connectivity index (χ0v) is 20.9. The molecule has 0 aromatic heterocycles. The number of fused-ring (bicyclic) bond motifs is 3. The van der Waals surface area contributed by atoms with Crippen LogP contribution in [0.5, 0.6) is 0 Å². The van der Waals surface area contributed by atoms with E-state index in [1.165, 1.54) is 67.2 Å². The van der Waals surface area contributed by atoms with Gasteiger partial charge in [0.25, 0.3) is 0 Å². The molecule has 1 aliphatic rings. The zero-order chi connectivity index (χ0) is 22.2. The van der Waals surface area contributed by atoms with E-state index >= 15 is 0 Å². The van der Waals surface area contributed by atoms with Gasteiger partial charge in [-0.1, -0.05) is 130 Å². The van der Waals surface area contributed by atoms with Gasteiger partial charge in [-0.05, 0) is 50.6 Å². The van der Waals surface area contributed by atoms with Crippen LogP contribution in [0, 0.1) is 0 Å². The highest BCUT2D eigenvalue weighted by Gasteiger charge is 2.40. The normalized spacial score (nSPS) is 15.2. The van der Waals surface area contributed by atoms with Crippen LogP contribution in [0.25, 0.3) is 11.1 Å². The first-order valence-corrected chi connectivity index (χ1v) is 12.3. The van der Waals surface area contributed by atoms with Crippen molar-refractivity contribution in [3.05, 3.63) is 58.7 Å². The van der Waals surface area contributed by atoms with Gasteiger partial charge >= 0.3 is 0 Å². The van der Waals surface area contributed by atoms with Crippen molar-refractivity contribution in [2.45, 2.75) is 117 Å². The monoisotopic (exact) mass is 404 g/mol. The maximum Gasteiger partial charge on any atom is 0.0187 e. The molecule has 0 saturated heterocycles. The van der Waals surface area contributed by atoms with Gasteiger partial charge in [0.2, 0.25) is 0 Å². The van der Waals surface area contributed by atoms with E-state index in [0.717, 1.165) is 0 Å². The maximum atomic E-state index is 2.53. The topological polar surface area (TPSA) is 0 Å². The van der Waals surface area contributed by atoms with E-state index in [9.17, 15) is 0 Å². The van der Waals surface area contributed by atoms with Crippen molar-refractivity contribution in [1.29, 1.82) is 0 Å². The van der Waals surface area contributed by atoms with E-state index in [0.29, 0.717) is 0 Å². The first-order chi connectivity index (χ1) is 14.0. The summed E-state index contributed by atoms with van der Waals surface area (Å²) in [7, 11) is 0. The lowest BCUT2D eigenvalue weighted by molar-refractivity contribution is 0.477. The highest BCUT2D eigenvalue weighted by Crippen LogP contribution is 2.53. The van der Waals surface area contributed by atoms with Gasteiger partial charge in [-0.15, -0.1) is 0 Å². The van der Waals surface area contributed by atoms with Crippen molar-refractivity contribution in [2.75, 3.05) is 0 Å². The van der Waals surface area contributed by atoms with Crippen LogP contribution in [0.3, 0.4) is 0 Å². The van der Waals surface area contributed by atoms with Gasteiger partial charge in [-0.25, -0.2) is 0 Å². The van der Waals surface area contributed by atoms with Gasteiger partial charge in [-0.3, -0.25) is 0 Å². The van der Waals surface area contributed by atoms with Gasteiger partial charge in [0, 0.05) is 5.41 Å². The van der Waals surface area contributed by atoms with E-state index in [-0.39, 0.29) is 16.2 Å². The lowest BCUT2D eigenvalue weighted by atomic mass is 9.73. The zero-order valence-electron chi connectivity index (χ0n) is 20.9. The van der Waals surface area contributed by atoms with E-state index in [1.807, 2.05) is 0 Å². The van der Waals surface area contributed by atoms with Crippen LogP contribution in [0.2, 0.25) is 0 Å². The molecule has 0 bridgehead atoms. The largest absolute Gasteiger partial charge is 0.0654 e. The Morgan fingerprint density at radius 3 is 1.50 bits per heavy atom. The number of rotatable bonds is 7. The van der Waals surface area contributed by atoms with Gasteiger partial charge < -0.3 is 0 Å². The summed E-state index contributed by atoms with van der Waals surface area (Å²) >= 11 is 0. The molecular formula is C30H44. The molecule has 0 heterocycles. The van der Waals surface area contributed by atoms with Crippen LogP contribution in [0.15, 0.2) is 36.4 Å². The Labute approximate surface area is 186 Å². The van der Waals surface area contributed by atoms with E-state index < -0.39 is 0 Å². The second-order valence-electron chi connectivity index (χ2n) is 11.9. The van der Waals surface area contributed by atoms with Crippen molar-refractivity contribution in [3.8, 4) is 11.1 Å². The van der Waals surface area contributed by atoms with E-state index in [2.05, 4.69) is 91.8 Å². The average Bonchev–Trinajstić information content (AvgIpc) is 2.92. The van der Waals surface area contributed by atoms with Crippen LogP contribution >= 0.6 is 0 Å². The molecule has 2 aromatic carbocycles. The fourth-order valence-corrected chi connectivity index (χ4v) is 5.08. The Bertz CT molecular complexity index is 806. The molecule has 0 saturated carbocycles. The minimum absolute atomic E-state index is 0.123. The number of hydrogen-bond acceptors (Lipinski definition) is 0. The van der Waals surface area contributed by atoms with Crippen LogP contribution < -0.4 is 0 Å². The molecule has 1 aliphatic carbocycles. The Kier molecular flexibility index (Phi) is 6.57. The molecule has 164 valence electrons. The van der Waals surface area contributed by atoms with Crippen molar-refractivity contribution in [2.24, 2.45) is 0 Å². The van der Waals surface area contributed by atoms with Crippen molar-refractivity contribution >= 4 is 0 Å². The quantitative estimate of drug-likeness (QED) is 0.403. The third-order valence-corrected chi connectivity index (χ3v) is 7.28. The summed E-state index contributed by atoms with van der Waals surface area (Å²) in [4.78, 5) is 0. The SMILES string of the molecule is CCCCCCCCC1(C)c2cc(C(C)(C)C)ccc2-c2ccc(C(C)(C)C)cc21. The number of unbranched alkanes of at least 4 members (excludes halogenated alkanes) is 5. The fourth-order valence-electron chi connectivity index (χ4n) is 5.08. The van der Waals surface area contributed by atoms with Crippen molar-refractivity contribution < 1.29 is 0 Å². The van der Waals surface area contributed by atoms with Gasteiger partial charge in [0.05, 0.1) is 0 Å². The third kappa shape index (κ3) is 4.53. The molecular weight excluding hydrogens is 360 g/mol. The average molecular weight is 405 g/mol. The molecule has 3 rings (SSSR count). The molecule has 0 heteroatoms. The molecule has 0 fully saturated rings. The van der Waals surface area contributed by atoms with Gasteiger partial charge in [0.1, 0.15) is 0 Å². The summed E-state index contributed by atoms with van der Waals surface area (Å²) in [6.07, 6.45) is 9.41. The molecule has 0 spiro atoms. The summed E-state index contributed by atoms with van der Waals surface area (Å²) < 4.78 is 0. The molecule has 0 unspecified atom stereocenters. The second kappa shape index (κ2) is 8.52. The van der Waals surface area contributed by atoms with Crippen LogP contribution in [0.4, 0.5) is 0 Å². The first-order valence-electron chi connectivity index (χ1n) is 12.3. The fraction of sp³-hybridized carbons (Fsp3) is 0.600. The molecule has 0 nitrogen and oxygen atoms in total. The maximum absolute atomic E-state index is 2.53. The van der Waals surface area contributed by atoms with Crippen LogP contribution in [-0.2, 0) is 16.2 Å². The highest BCUT2D eigenvalue weighted by atomic mass is 14.4. The minimum atomic E-state index is 0.123. The summed E-state index contributed by atoms with van der Waals surface area (Å²) in [6.45, 7) is 18.8. The molecule has 2 aromatic rings. The molecule has 0 atom stereocenters. The summed E-state index contributed by atoms with van der Waals surface area (Å²) in [5.41, 5.74) is 9.45. The van der Waals surface area contributed by atoms with Crippen molar-refractivity contribution in [3.63, 3.8) is 0 Å². The predicted octanol–water partition coefficient (Wildman–Crippen LogP) is 9.32. The Morgan fingerprint density at radius 2 is 1.07 bits per heavy atom. The molecule has 0 amide bonds. The Hall–Kier alpha value is -1.56. The first kappa shape index (κ1) is 23.1. The lowest BCUT2D eigenvalue weighted by Crippen LogP contribution is -2.23. The smallest absolute Gasteiger partial charge is 0.0187 e. The van der Waals surface area contributed by atoms with Crippen molar-refractivity contribution in [1.82, 2.24) is 0 Å². The minimum Gasteiger partial charge on any atom is -0.0654 e. The Morgan fingerprint density at radius 1 is 0.633 bits per heavy atom. The summed E-state index contributed by atoms with van der Waals surface area (Å²) in [5, 5.41) is 0.